The second-order valence-corrected chi connectivity index (χ2v) is 5.19. The molecule has 3 nitrogen and oxygen atoms in total. The van der Waals surface area contributed by atoms with E-state index >= 15 is 0 Å². The summed E-state index contributed by atoms with van der Waals surface area (Å²) in [5, 5.41) is 9.75. The maximum Gasteiger partial charge on any atom is 0.143 e. The van der Waals surface area contributed by atoms with Gasteiger partial charge in [0.15, 0.2) is 0 Å². The summed E-state index contributed by atoms with van der Waals surface area (Å²) in [7, 11) is 0. The van der Waals surface area contributed by atoms with Crippen molar-refractivity contribution < 1.29 is 9.84 Å². The average Bonchev–Trinajstić information content (AvgIpc) is 2.77. The van der Waals surface area contributed by atoms with Gasteiger partial charge < -0.3 is 9.84 Å². The van der Waals surface area contributed by atoms with Crippen molar-refractivity contribution in [1.82, 2.24) is 4.98 Å². The first-order valence-corrected chi connectivity index (χ1v) is 6.88. The van der Waals surface area contributed by atoms with Gasteiger partial charge in [-0.3, -0.25) is 0 Å². The van der Waals surface area contributed by atoms with E-state index in [2.05, 4.69) is 4.98 Å². The van der Waals surface area contributed by atoms with Gasteiger partial charge in [-0.15, -0.1) is 11.3 Å². The lowest BCUT2D eigenvalue weighted by molar-refractivity contribution is 0.264. The van der Waals surface area contributed by atoms with Gasteiger partial charge >= 0.3 is 0 Å². The largest absolute Gasteiger partial charge is 0.491 e. The van der Waals surface area contributed by atoms with Gasteiger partial charge in [0.2, 0.25) is 0 Å². The molecule has 0 bridgehead atoms. The van der Waals surface area contributed by atoms with E-state index in [4.69, 9.17) is 16.3 Å². The third kappa shape index (κ3) is 3.02. The summed E-state index contributed by atoms with van der Waals surface area (Å²) in [5.74, 6) is 0.573. The highest BCUT2D eigenvalue weighted by atomic mass is 35.5. The second-order valence-electron chi connectivity index (χ2n) is 3.85. The number of nitrogens with zero attached hydrogens (tertiary/aromatic N) is 1. The molecule has 0 saturated carbocycles. The van der Waals surface area contributed by atoms with Crippen LogP contribution in [0.2, 0.25) is 5.02 Å². The number of halogens is 1. The molecule has 2 rings (SSSR count). The summed E-state index contributed by atoms with van der Waals surface area (Å²) in [4.78, 5) is 5.41. The summed E-state index contributed by atoms with van der Waals surface area (Å²) in [5.41, 5.74) is 3.59. The van der Waals surface area contributed by atoms with Crippen LogP contribution >= 0.6 is 22.9 Å². The Balaban J connectivity index is 2.00. The lowest BCUT2D eigenvalue weighted by Gasteiger charge is -2.11. The number of hydrogen-bond acceptors (Lipinski definition) is 4. The van der Waals surface area contributed by atoms with E-state index < -0.39 is 0 Å². The minimum absolute atomic E-state index is 0.0739. The van der Waals surface area contributed by atoms with E-state index in [0.717, 1.165) is 12.1 Å². The molecule has 0 spiro atoms. The molecule has 1 N–H and O–H groups in total. The van der Waals surface area contributed by atoms with E-state index in [9.17, 15) is 5.11 Å². The molecular formula is C13H14ClNO2S. The van der Waals surface area contributed by atoms with Gasteiger partial charge in [0.25, 0.3) is 0 Å². The van der Waals surface area contributed by atoms with Crippen LogP contribution in [0.5, 0.6) is 5.75 Å². The van der Waals surface area contributed by atoms with Crippen molar-refractivity contribution in [3.8, 4) is 5.75 Å². The van der Waals surface area contributed by atoms with E-state index in [1.165, 1.54) is 4.88 Å². The Kier molecular flexibility index (Phi) is 4.58. The average molecular weight is 284 g/mol. The fourth-order valence-corrected chi connectivity index (χ4v) is 2.66. The fourth-order valence-electron chi connectivity index (χ4n) is 1.65. The highest BCUT2D eigenvalue weighted by Crippen LogP contribution is 2.29. The van der Waals surface area contributed by atoms with E-state index in [0.29, 0.717) is 22.9 Å². The number of aliphatic hydroxyl groups excluding tert-OH is 1. The first-order chi connectivity index (χ1) is 8.72. The van der Waals surface area contributed by atoms with E-state index in [-0.39, 0.29) is 6.61 Å². The van der Waals surface area contributed by atoms with Crippen LogP contribution in [0.3, 0.4) is 0 Å². The minimum Gasteiger partial charge on any atom is -0.491 e. The van der Waals surface area contributed by atoms with Crippen molar-refractivity contribution in [2.24, 2.45) is 0 Å². The second kappa shape index (κ2) is 6.18. The van der Waals surface area contributed by atoms with Crippen LogP contribution in [0.1, 0.15) is 16.1 Å². The van der Waals surface area contributed by atoms with Gasteiger partial charge in [-0.25, -0.2) is 4.98 Å². The maximum atomic E-state index is 9.22. The first kappa shape index (κ1) is 13.3. The van der Waals surface area contributed by atoms with Gasteiger partial charge in [-0.05, 0) is 13.0 Å². The standard InChI is InChI=1S/C13H14ClNO2S/c1-9-12(18-8-15-9)5-6-17-13-10(7-16)3-2-4-11(13)14/h2-4,8,16H,5-7H2,1H3. The highest BCUT2D eigenvalue weighted by Gasteiger charge is 2.08. The molecule has 0 aliphatic heterocycles. The zero-order valence-corrected chi connectivity index (χ0v) is 11.6. The van der Waals surface area contributed by atoms with Crippen molar-refractivity contribution >= 4 is 22.9 Å². The van der Waals surface area contributed by atoms with Crippen LogP contribution in [0, 0.1) is 6.92 Å². The summed E-state index contributed by atoms with van der Waals surface area (Å²) < 4.78 is 5.67. The number of hydrogen-bond donors (Lipinski definition) is 1. The van der Waals surface area contributed by atoms with Gasteiger partial charge in [-0.2, -0.15) is 0 Å². The van der Waals surface area contributed by atoms with Crippen LogP contribution in [-0.4, -0.2) is 16.7 Å². The Bertz CT molecular complexity index is 527. The van der Waals surface area contributed by atoms with Crippen LogP contribution in [0.25, 0.3) is 0 Å². The summed E-state index contributed by atoms with van der Waals surface area (Å²) in [6, 6.07) is 5.36. The Morgan fingerprint density at radius 3 is 2.94 bits per heavy atom. The molecule has 1 aromatic carbocycles. The van der Waals surface area contributed by atoms with Crippen LogP contribution in [0.15, 0.2) is 23.7 Å². The highest BCUT2D eigenvalue weighted by molar-refractivity contribution is 7.09. The molecular weight excluding hydrogens is 270 g/mol. The zero-order chi connectivity index (χ0) is 13.0. The number of aryl methyl sites for hydroxylation is 1. The van der Waals surface area contributed by atoms with Gasteiger partial charge in [0, 0.05) is 16.9 Å². The maximum absolute atomic E-state index is 9.22. The fraction of sp³-hybridized carbons (Fsp3) is 0.308. The lowest BCUT2D eigenvalue weighted by Crippen LogP contribution is -2.04. The molecule has 0 aliphatic rings. The number of ether oxygens (including phenoxy) is 1. The molecule has 0 amide bonds. The predicted octanol–water partition coefficient (Wildman–Crippen LogP) is 3.22. The Morgan fingerprint density at radius 1 is 1.44 bits per heavy atom. The lowest BCUT2D eigenvalue weighted by atomic mass is 10.2. The predicted molar refractivity (Wildman–Crippen MR) is 73.4 cm³/mol. The molecule has 0 fully saturated rings. The first-order valence-electron chi connectivity index (χ1n) is 5.62. The topological polar surface area (TPSA) is 42.4 Å². The minimum atomic E-state index is -0.0739. The molecule has 0 unspecified atom stereocenters. The molecule has 0 saturated heterocycles. The van der Waals surface area contributed by atoms with E-state index in [1.807, 2.05) is 12.4 Å². The molecule has 96 valence electrons. The van der Waals surface area contributed by atoms with Crippen molar-refractivity contribution in [2.45, 2.75) is 20.0 Å². The molecule has 0 aliphatic carbocycles. The number of para-hydroxylation sites is 1. The Labute approximate surface area is 115 Å². The number of rotatable bonds is 5. The molecule has 2 aromatic rings. The molecule has 0 atom stereocenters. The van der Waals surface area contributed by atoms with Crippen LogP contribution in [0.4, 0.5) is 0 Å². The van der Waals surface area contributed by atoms with Crippen molar-refractivity contribution in [2.75, 3.05) is 6.61 Å². The smallest absolute Gasteiger partial charge is 0.143 e. The van der Waals surface area contributed by atoms with Gasteiger partial charge in [-0.1, -0.05) is 23.7 Å². The summed E-state index contributed by atoms with van der Waals surface area (Å²) in [6.45, 7) is 2.44. The van der Waals surface area contributed by atoms with Crippen LogP contribution < -0.4 is 4.74 Å². The molecule has 0 radical (unpaired) electrons. The molecule has 5 heteroatoms. The Morgan fingerprint density at radius 2 is 2.28 bits per heavy atom. The molecule has 1 heterocycles. The number of benzene rings is 1. The van der Waals surface area contributed by atoms with E-state index in [1.54, 1.807) is 29.5 Å². The van der Waals surface area contributed by atoms with Crippen LogP contribution in [-0.2, 0) is 13.0 Å². The van der Waals surface area contributed by atoms with Crippen molar-refractivity contribution in [3.05, 3.63) is 44.9 Å². The SMILES string of the molecule is Cc1ncsc1CCOc1c(Cl)cccc1CO. The Hall–Kier alpha value is -1.10. The molecule has 18 heavy (non-hydrogen) atoms. The quantitative estimate of drug-likeness (QED) is 0.916. The molecule has 1 aromatic heterocycles. The van der Waals surface area contributed by atoms with Crippen molar-refractivity contribution in [1.29, 1.82) is 0 Å². The zero-order valence-electron chi connectivity index (χ0n) is 10.0. The monoisotopic (exact) mass is 283 g/mol. The van der Waals surface area contributed by atoms with Crippen molar-refractivity contribution in [3.63, 3.8) is 0 Å². The normalized spacial score (nSPS) is 10.6. The van der Waals surface area contributed by atoms with Gasteiger partial charge in [0.1, 0.15) is 5.75 Å². The number of aliphatic hydroxyl groups is 1. The third-order valence-electron chi connectivity index (χ3n) is 2.64. The van der Waals surface area contributed by atoms with Gasteiger partial charge in [0.05, 0.1) is 29.4 Å². The third-order valence-corrected chi connectivity index (χ3v) is 3.93. The summed E-state index contributed by atoms with van der Waals surface area (Å²) in [6.07, 6.45) is 0.798. The summed E-state index contributed by atoms with van der Waals surface area (Å²) >= 11 is 7.68. The number of thiazole rings is 1. The number of aromatic nitrogens is 1.